The molecule has 1 N–H and O–H groups in total. The van der Waals surface area contributed by atoms with E-state index in [0.717, 1.165) is 24.6 Å². The summed E-state index contributed by atoms with van der Waals surface area (Å²) in [6.45, 7) is -0.587. The van der Waals surface area contributed by atoms with E-state index in [0.29, 0.717) is 11.6 Å². The number of benzene rings is 2. The van der Waals surface area contributed by atoms with Crippen LogP contribution in [0.25, 0.3) is 5.69 Å². The summed E-state index contributed by atoms with van der Waals surface area (Å²) in [5.41, 5.74) is 1.56. The van der Waals surface area contributed by atoms with Gasteiger partial charge in [0.2, 0.25) is 0 Å². The predicted molar refractivity (Wildman–Crippen MR) is 113 cm³/mol. The molecule has 1 aliphatic rings. The molecule has 0 atom stereocenters. The summed E-state index contributed by atoms with van der Waals surface area (Å²) in [7, 11) is 0. The number of carbonyl (C=O) groups excluding carboxylic acids is 2. The van der Waals surface area contributed by atoms with E-state index in [1.54, 1.807) is 6.07 Å². The Morgan fingerprint density at radius 1 is 1.19 bits per heavy atom. The van der Waals surface area contributed by atoms with Gasteiger partial charge in [0.05, 0.1) is 27.0 Å². The molecule has 1 amide bonds. The summed E-state index contributed by atoms with van der Waals surface area (Å²) in [5.74, 6) is -1.05. The lowest BCUT2D eigenvalue weighted by atomic mass is 10.2. The quantitative estimate of drug-likeness (QED) is 0.336. The topological polar surface area (TPSA) is 116 Å². The van der Waals surface area contributed by atoms with E-state index in [2.05, 4.69) is 10.4 Å². The lowest BCUT2D eigenvalue weighted by molar-refractivity contribution is -0.384. The van der Waals surface area contributed by atoms with Crippen molar-refractivity contribution < 1.29 is 19.2 Å². The smallest absolute Gasteiger partial charge is 0.357 e. The number of halogens is 1. The Hall–Kier alpha value is -3.72. The van der Waals surface area contributed by atoms with Gasteiger partial charge in [-0.15, -0.1) is 0 Å². The number of ether oxygens (including phenoxy) is 1. The van der Waals surface area contributed by atoms with E-state index in [1.165, 1.54) is 16.8 Å². The molecule has 31 heavy (non-hydrogen) atoms. The summed E-state index contributed by atoms with van der Waals surface area (Å²) in [6.07, 6.45) is 2.04. The number of hydrogen-bond donors (Lipinski definition) is 1. The van der Waals surface area contributed by atoms with Crippen molar-refractivity contribution in [1.82, 2.24) is 9.78 Å². The Morgan fingerprint density at radius 3 is 2.61 bits per heavy atom. The number of amides is 1. The fourth-order valence-electron chi connectivity index (χ4n) is 3.00. The molecule has 0 spiro atoms. The highest BCUT2D eigenvalue weighted by molar-refractivity contribution is 6.33. The number of aromatic nitrogens is 2. The molecule has 0 bridgehead atoms. The molecule has 9 nitrogen and oxygen atoms in total. The van der Waals surface area contributed by atoms with Gasteiger partial charge in [-0.2, -0.15) is 5.10 Å². The zero-order valence-corrected chi connectivity index (χ0v) is 16.9. The molecule has 1 aromatic heterocycles. The number of nitrogens with one attached hydrogen (secondary N) is 1. The van der Waals surface area contributed by atoms with Crippen LogP contribution in [0.2, 0.25) is 5.02 Å². The third-order valence-electron chi connectivity index (χ3n) is 4.70. The number of nitro benzene ring substituents is 1. The summed E-state index contributed by atoms with van der Waals surface area (Å²) in [5, 5.41) is 18.0. The molecule has 4 rings (SSSR count). The highest BCUT2D eigenvalue weighted by Gasteiger charge is 2.29. The molecule has 2 aromatic carbocycles. The van der Waals surface area contributed by atoms with Crippen molar-refractivity contribution in [3.8, 4) is 5.69 Å². The number of hydrogen-bond acceptors (Lipinski definition) is 6. The molecular formula is C21H17ClN4O5. The van der Waals surface area contributed by atoms with Gasteiger partial charge in [0.15, 0.2) is 12.3 Å². The van der Waals surface area contributed by atoms with Crippen molar-refractivity contribution in [3.05, 3.63) is 81.1 Å². The van der Waals surface area contributed by atoms with Gasteiger partial charge in [-0.1, -0.05) is 29.8 Å². The van der Waals surface area contributed by atoms with Crippen LogP contribution < -0.4 is 5.32 Å². The van der Waals surface area contributed by atoms with Gasteiger partial charge < -0.3 is 10.1 Å². The number of carbonyl (C=O) groups is 2. The number of anilines is 1. The van der Waals surface area contributed by atoms with Crippen molar-refractivity contribution in [2.24, 2.45) is 0 Å². The largest absolute Gasteiger partial charge is 0.451 e. The third kappa shape index (κ3) is 4.72. The average molecular weight is 441 g/mol. The molecule has 0 unspecified atom stereocenters. The molecule has 0 aliphatic heterocycles. The minimum atomic E-state index is -0.705. The molecule has 0 saturated heterocycles. The van der Waals surface area contributed by atoms with Gasteiger partial charge in [-0.3, -0.25) is 14.9 Å². The Kier molecular flexibility index (Phi) is 5.68. The van der Waals surface area contributed by atoms with Crippen LogP contribution in [0.3, 0.4) is 0 Å². The minimum Gasteiger partial charge on any atom is -0.451 e. The summed E-state index contributed by atoms with van der Waals surface area (Å²) in [6, 6.07) is 14.5. The average Bonchev–Trinajstić information content (AvgIpc) is 3.52. The molecule has 1 saturated carbocycles. The van der Waals surface area contributed by atoms with Crippen molar-refractivity contribution in [2.45, 2.75) is 18.8 Å². The van der Waals surface area contributed by atoms with Gasteiger partial charge in [0, 0.05) is 18.1 Å². The molecule has 10 heteroatoms. The number of nitro groups is 1. The number of esters is 1. The molecule has 3 aromatic rings. The predicted octanol–water partition coefficient (Wildman–Crippen LogP) is 4.11. The monoisotopic (exact) mass is 440 g/mol. The van der Waals surface area contributed by atoms with Crippen LogP contribution in [0.15, 0.2) is 54.6 Å². The fraction of sp³-hybridized carbons (Fsp3) is 0.190. The van der Waals surface area contributed by atoms with Gasteiger partial charge in [0.1, 0.15) is 0 Å². The standard InChI is InChI=1S/C21H17ClN4O5/c22-16-9-8-15(26(29)30)10-18(16)23-20(27)12-31-21(28)19-11-17(13-6-7-13)24-25(19)14-4-2-1-3-5-14/h1-5,8-11,13H,6-7,12H2,(H,23,27). The summed E-state index contributed by atoms with van der Waals surface area (Å²) >= 11 is 5.97. The number of rotatable bonds is 7. The van der Waals surface area contributed by atoms with Gasteiger partial charge >= 0.3 is 5.97 Å². The number of para-hydroxylation sites is 1. The van der Waals surface area contributed by atoms with E-state index in [1.807, 2.05) is 30.3 Å². The second-order valence-electron chi connectivity index (χ2n) is 7.02. The fourth-order valence-corrected chi connectivity index (χ4v) is 3.17. The first-order chi connectivity index (χ1) is 14.9. The molecule has 1 aliphatic carbocycles. The van der Waals surface area contributed by atoms with Crippen LogP contribution in [0.4, 0.5) is 11.4 Å². The van der Waals surface area contributed by atoms with Crippen molar-refractivity contribution in [1.29, 1.82) is 0 Å². The maximum absolute atomic E-state index is 12.7. The summed E-state index contributed by atoms with van der Waals surface area (Å²) < 4.78 is 6.67. The van der Waals surface area contributed by atoms with E-state index in [-0.39, 0.29) is 22.1 Å². The van der Waals surface area contributed by atoms with Crippen molar-refractivity contribution in [3.63, 3.8) is 0 Å². The van der Waals surface area contributed by atoms with Gasteiger partial charge in [0.25, 0.3) is 11.6 Å². The lowest BCUT2D eigenvalue weighted by Crippen LogP contribution is -2.22. The zero-order valence-electron chi connectivity index (χ0n) is 16.2. The first kappa shape index (κ1) is 20.5. The van der Waals surface area contributed by atoms with Crippen LogP contribution >= 0.6 is 11.6 Å². The third-order valence-corrected chi connectivity index (χ3v) is 5.03. The Balaban J connectivity index is 1.46. The van der Waals surface area contributed by atoms with Crippen molar-refractivity contribution >= 4 is 34.9 Å². The van der Waals surface area contributed by atoms with E-state index < -0.39 is 23.4 Å². The SMILES string of the molecule is O=C(COC(=O)c1cc(C2CC2)nn1-c1ccccc1)Nc1cc([N+](=O)[O-])ccc1Cl. The first-order valence-corrected chi connectivity index (χ1v) is 9.86. The molecule has 1 fully saturated rings. The number of non-ortho nitro benzene ring substituents is 1. The Morgan fingerprint density at radius 2 is 1.94 bits per heavy atom. The van der Waals surface area contributed by atoms with Crippen LogP contribution in [0, 0.1) is 10.1 Å². The highest BCUT2D eigenvalue weighted by Crippen LogP contribution is 2.39. The van der Waals surface area contributed by atoms with Crippen LogP contribution in [-0.2, 0) is 9.53 Å². The Labute approximate surface area is 181 Å². The molecule has 1 heterocycles. The zero-order chi connectivity index (χ0) is 22.0. The molecule has 0 radical (unpaired) electrons. The van der Waals surface area contributed by atoms with Gasteiger partial charge in [-0.25, -0.2) is 9.48 Å². The van der Waals surface area contributed by atoms with E-state index in [9.17, 15) is 19.7 Å². The molecular weight excluding hydrogens is 424 g/mol. The highest BCUT2D eigenvalue weighted by atomic mass is 35.5. The Bertz CT molecular complexity index is 1160. The number of nitrogens with zero attached hydrogens (tertiary/aromatic N) is 3. The van der Waals surface area contributed by atoms with Crippen LogP contribution in [0.5, 0.6) is 0 Å². The van der Waals surface area contributed by atoms with E-state index >= 15 is 0 Å². The summed E-state index contributed by atoms with van der Waals surface area (Å²) in [4.78, 5) is 35.2. The van der Waals surface area contributed by atoms with Crippen molar-refractivity contribution in [2.75, 3.05) is 11.9 Å². The van der Waals surface area contributed by atoms with Gasteiger partial charge in [-0.05, 0) is 37.1 Å². The maximum atomic E-state index is 12.7. The lowest BCUT2D eigenvalue weighted by Gasteiger charge is -2.09. The van der Waals surface area contributed by atoms with Crippen LogP contribution in [0.1, 0.15) is 34.9 Å². The van der Waals surface area contributed by atoms with Crippen LogP contribution in [-0.4, -0.2) is 33.2 Å². The van der Waals surface area contributed by atoms with E-state index in [4.69, 9.17) is 16.3 Å². The normalized spacial score (nSPS) is 12.9. The first-order valence-electron chi connectivity index (χ1n) is 9.48. The minimum absolute atomic E-state index is 0.0577. The second kappa shape index (κ2) is 8.57. The second-order valence-corrected chi connectivity index (χ2v) is 7.43. The molecule has 158 valence electrons. The maximum Gasteiger partial charge on any atom is 0.357 e.